The molecule has 20 heavy (non-hydrogen) atoms. The third kappa shape index (κ3) is 2.78. The SMILES string of the molecule is O=[N+]([O-])c1cc(NC(c2cccs2)C2CC2)ccc1Cl. The van der Waals surface area contributed by atoms with E-state index in [-0.39, 0.29) is 16.8 Å². The summed E-state index contributed by atoms with van der Waals surface area (Å²) < 4.78 is 0. The first-order valence-corrected chi connectivity index (χ1v) is 7.65. The summed E-state index contributed by atoms with van der Waals surface area (Å²) in [4.78, 5) is 11.7. The number of rotatable bonds is 5. The van der Waals surface area contributed by atoms with Gasteiger partial charge in [0.2, 0.25) is 0 Å². The van der Waals surface area contributed by atoms with Crippen LogP contribution in [0.2, 0.25) is 5.02 Å². The largest absolute Gasteiger partial charge is 0.377 e. The Balaban J connectivity index is 1.86. The fraction of sp³-hybridized carbons (Fsp3) is 0.286. The molecule has 1 saturated carbocycles. The molecule has 0 radical (unpaired) electrons. The predicted octanol–water partition coefficient (Wildman–Crippen LogP) is 4.87. The van der Waals surface area contributed by atoms with Gasteiger partial charge in [0.05, 0.1) is 11.0 Å². The summed E-state index contributed by atoms with van der Waals surface area (Å²) >= 11 is 7.54. The molecule has 3 rings (SSSR count). The van der Waals surface area contributed by atoms with Crippen molar-refractivity contribution in [2.45, 2.75) is 18.9 Å². The highest BCUT2D eigenvalue weighted by molar-refractivity contribution is 7.10. The fourth-order valence-corrected chi connectivity index (χ4v) is 3.30. The molecule has 0 spiro atoms. The van der Waals surface area contributed by atoms with Crippen LogP contribution in [0, 0.1) is 16.0 Å². The third-order valence-corrected chi connectivity index (χ3v) is 4.68. The van der Waals surface area contributed by atoms with Crippen LogP contribution >= 0.6 is 22.9 Å². The normalized spacial score (nSPS) is 15.8. The van der Waals surface area contributed by atoms with Crippen molar-refractivity contribution in [3.63, 3.8) is 0 Å². The van der Waals surface area contributed by atoms with Gasteiger partial charge in [-0.2, -0.15) is 0 Å². The summed E-state index contributed by atoms with van der Waals surface area (Å²) in [5.74, 6) is 0.614. The van der Waals surface area contributed by atoms with Crippen LogP contribution in [0.1, 0.15) is 23.8 Å². The highest BCUT2D eigenvalue weighted by Gasteiger charge is 2.33. The topological polar surface area (TPSA) is 55.2 Å². The molecule has 0 saturated heterocycles. The van der Waals surface area contributed by atoms with Crippen molar-refractivity contribution in [2.75, 3.05) is 5.32 Å². The lowest BCUT2D eigenvalue weighted by atomic mass is 10.1. The van der Waals surface area contributed by atoms with Gasteiger partial charge < -0.3 is 5.32 Å². The number of anilines is 1. The molecule has 1 aromatic heterocycles. The maximum atomic E-state index is 10.9. The standard InChI is InChI=1S/C14H13ClN2O2S/c15-11-6-5-10(8-12(11)17(18)19)16-14(9-3-4-9)13-2-1-7-20-13/h1-2,5-9,14,16H,3-4H2. The first-order valence-electron chi connectivity index (χ1n) is 6.39. The lowest BCUT2D eigenvalue weighted by Gasteiger charge is -2.18. The number of hydrogen-bond donors (Lipinski definition) is 1. The molecule has 1 aliphatic rings. The number of nitrogens with zero attached hydrogens (tertiary/aromatic N) is 1. The molecule has 104 valence electrons. The summed E-state index contributed by atoms with van der Waals surface area (Å²) in [6.45, 7) is 0. The molecular weight excluding hydrogens is 296 g/mol. The van der Waals surface area contributed by atoms with Crippen molar-refractivity contribution in [3.8, 4) is 0 Å². The number of halogens is 1. The quantitative estimate of drug-likeness (QED) is 0.633. The van der Waals surface area contributed by atoms with E-state index in [1.54, 1.807) is 23.5 Å². The number of hydrogen-bond acceptors (Lipinski definition) is 4. The Hall–Kier alpha value is -1.59. The molecule has 1 unspecified atom stereocenters. The van der Waals surface area contributed by atoms with Crippen molar-refractivity contribution >= 4 is 34.3 Å². The van der Waals surface area contributed by atoms with Crippen molar-refractivity contribution in [1.29, 1.82) is 0 Å². The highest BCUT2D eigenvalue weighted by atomic mass is 35.5. The first kappa shape index (κ1) is 13.4. The van der Waals surface area contributed by atoms with E-state index < -0.39 is 4.92 Å². The molecule has 1 aromatic carbocycles. The number of thiophene rings is 1. The minimum absolute atomic E-state index is 0.0580. The zero-order valence-electron chi connectivity index (χ0n) is 10.6. The first-order chi connectivity index (χ1) is 9.65. The lowest BCUT2D eigenvalue weighted by Crippen LogP contribution is -2.11. The van der Waals surface area contributed by atoms with Crippen LogP contribution < -0.4 is 5.32 Å². The summed E-state index contributed by atoms with van der Waals surface area (Å²) in [6, 6.07) is 9.23. The van der Waals surface area contributed by atoms with Gasteiger partial charge in [0, 0.05) is 16.6 Å². The van der Waals surface area contributed by atoms with Gasteiger partial charge in [-0.25, -0.2) is 0 Å². The van der Waals surface area contributed by atoms with Gasteiger partial charge in [-0.15, -0.1) is 11.3 Å². The molecule has 0 amide bonds. The van der Waals surface area contributed by atoms with E-state index in [0.717, 1.165) is 5.69 Å². The zero-order valence-corrected chi connectivity index (χ0v) is 12.2. The molecule has 0 aliphatic heterocycles. The molecular formula is C14H13ClN2O2S. The van der Waals surface area contributed by atoms with E-state index in [1.165, 1.54) is 23.8 Å². The van der Waals surface area contributed by atoms with E-state index in [0.29, 0.717) is 5.92 Å². The third-order valence-electron chi connectivity index (χ3n) is 3.41. The Morgan fingerprint density at radius 2 is 2.20 bits per heavy atom. The number of nitro benzene ring substituents is 1. The van der Waals surface area contributed by atoms with Crippen molar-refractivity contribution < 1.29 is 4.92 Å². The maximum Gasteiger partial charge on any atom is 0.289 e. The molecule has 1 aliphatic carbocycles. The van der Waals surface area contributed by atoms with Gasteiger partial charge in [0.15, 0.2) is 0 Å². The van der Waals surface area contributed by atoms with Crippen LogP contribution in [0.3, 0.4) is 0 Å². The Morgan fingerprint density at radius 1 is 1.40 bits per heavy atom. The second kappa shape index (κ2) is 5.42. The second-order valence-corrected chi connectivity index (χ2v) is 6.28. The minimum atomic E-state index is -0.454. The van der Waals surface area contributed by atoms with E-state index in [4.69, 9.17) is 11.6 Å². The van der Waals surface area contributed by atoms with Crippen LogP contribution in [-0.2, 0) is 0 Å². The number of benzene rings is 1. The maximum absolute atomic E-state index is 10.9. The van der Waals surface area contributed by atoms with E-state index in [1.807, 2.05) is 6.07 Å². The molecule has 1 heterocycles. The predicted molar refractivity (Wildman–Crippen MR) is 81.5 cm³/mol. The molecule has 1 atom stereocenters. The summed E-state index contributed by atoms with van der Waals surface area (Å²) in [5.41, 5.74) is 0.684. The van der Waals surface area contributed by atoms with E-state index in [9.17, 15) is 10.1 Å². The van der Waals surface area contributed by atoms with Gasteiger partial charge >= 0.3 is 0 Å². The molecule has 1 N–H and O–H groups in total. The van der Waals surface area contributed by atoms with Crippen LogP contribution in [0.25, 0.3) is 0 Å². The number of nitrogens with one attached hydrogen (secondary N) is 1. The van der Waals surface area contributed by atoms with E-state index >= 15 is 0 Å². The highest BCUT2D eigenvalue weighted by Crippen LogP contribution is 2.44. The van der Waals surface area contributed by atoms with Crippen LogP contribution in [0.5, 0.6) is 0 Å². The minimum Gasteiger partial charge on any atom is -0.377 e. The zero-order chi connectivity index (χ0) is 14.1. The molecule has 1 fully saturated rings. The smallest absolute Gasteiger partial charge is 0.289 e. The van der Waals surface area contributed by atoms with Crippen molar-refractivity contribution in [2.24, 2.45) is 5.92 Å². The second-order valence-electron chi connectivity index (χ2n) is 4.90. The molecule has 6 heteroatoms. The Bertz CT molecular complexity index is 626. The van der Waals surface area contributed by atoms with Gasteiger partial charge in [0.25, 0.3) is 5.69 Å². The fourth-order valence-electron chi connectivity index (χ4n) is 2.24. The Kier molecular flexibility index (Phi) is 3.63. The summed E-state index contributed by atoms with van der Waals surface area (Å²) in [7, 11) is 0. The molecule has 4 nitrogen and oxygen atoms in total. The van der Waals surface area contributed by atoms with Crippen molar-refractivity contribution in [1.82, 2.24) is 0 Å². The van der Waals surface area contributed by atoms with Crippen LogP contribution in [0.15, 0.2) is 35.7 Å². The van der Waals surface area contributed by atoms with Gasteiger partial charge in [-0.1, -0.05) is 17.7 Å². The van der Waals surface area contributed by atoms with Gasteiger partial charge in [-0.3, -0.25) is 10.1 Å². The molecule has 2 aromatic rings. The van der Waals surface area contributed by atoms with E-state index in [2.05, 4.69) is 16.8 Å². The van der Waals surface area contributed by atoms with Gasteiger partial charge in [-0.05, 0) is 42.3 Å². The Morgan fingerprint density at radius 3 is 2.80 bits per heavy atom. The summed E-state index contributed by atoms with van der Waals surface area (Å²) in [5, 5.41) is 16.6. The monoisotopic (exact) mass is 308 g/mol. The lowest BCUT2D eigenvalue weighted by molar-refractivity contribution is -0.384. The van der Waals surface area contributed by atoms with Crippen LogP contribution in [-0.4, -0.2) is 4.92 Å². The van der Waals surface area contributed by atoms with Crippen molar-refractivity contribution in [3.05, 3.63) is 55.7 Å². The van der Waals surface area contributed by atoms with Gasteiger partial charge in [0.1, 0.15) is 5.02 Å². The molecule has 0 bridgehead atoms. The van der Waals surface area contributed by atoms with Crippen LogP contribution in [0.4, 0.5) is 11.4 Å². The average Bonchev–Trinajstić information content (AvgIpc) is 3.12. The number of nitro groups is 1. The average molecular weight is 309 g/mol. The Labute approximate surface area is 125 Å². The summed E-state index contributed by atoms with van der Waals surface area (Å²) in [6.07, 6.45) is 2.40.